The van der Waals surface area contributed by atoms with E-state index in [9.17, 15) is 4.79 Å². The molecule has 0 aromatic heterocycles. The van der Waals surface area contributed by atoms with E-state index >= 15 is 0 Å². The molecule has 3 rings (SSSR count). The molecule has 22 heavy (non-hydrogen) atoms. The summed E-state index contributed by atoms with van der Waals surface area (Å²) < 4.78 is 0. The van der Waals surface area contributed by atoms with Gasteiger partial charge in [-0.25, -0.2) is 0 Å². The Kier molecular flexibility index (Phi) is 3.90. The molecule has 0 saturated heterocycles. The highest BCUT2D eigenvalue weighted by molar-refractivity contribution is 5.51. The molecule has 3 aliphatic rings. The maximum atomic E-state index is 11.2. The maximum absolute atomic E-state index is 11.2. The Morgan fingerprint density at radius 2 is 2.05 bits per heavy atom. The molecule has 5 atom stereocenters. The van der Waals surface area contributed by atoms with Crippen LogP contribution >= 0.6 is 0 Å². The van der Waals surface area contributed by atoms with Crippen molar-refractivity contribution in [3.05, 3.63) is 24.3 Å². The van der Waals surface area contributed by atoms with Crippen molar-refractivity contribution < 1.29 is 4.79 Å². The Labute approximate surface area is 136 Å². The second-order valence-corrected chi connectivity index (χ2v) is 9.05. The van der Waals surface area contributed by atoms with Crippen LogP contribution in [0.15, 0.2) is 24.3 Å². The summed E-state index contributed by atoms with van der Waals surface area (Å²) >= 11 is 0. The number of hydrogen-bond acceptors (Lipinski definition) is 1. The summed E-state index contributed by atoms with van der Waals surface area (Å²) in [7, 11) is 0. The van der Waals surface area contributed by atoms with E-state index < -0.39 is 0 Å². The van der Waals surface area contributed by atoms with Gasteiger partial charge in [0.15, 0.2) is 0 Å². The summed E-state index contributed by atoms with van der Waals surface area (Å²) in [4.78, 5) is 11.2. The van der Waals surface area contributed by atoms with Crippen molar-refractivity contribution in [2.75, 3.05) is 0 Å². The first-order chi connectivity index (χ1) is 10.4. The third-order valence-electron chi connectivity index (χ3n) is 7.50. The summed E-state index contributed by atoms with van der Waals surface area (Å²) in [5.74, 6) is 1.44. The average Bonchev–Trinajstić information content (AvgIpc) is 2.47. The van der Waals surface area contributed by atoms with Crippen LogP contribution in [0.3, 0.4) is 0 Å². The Morgan fingerprint density at radius 1 is 1.27 bits per heavy atom. The topological polar surface area (TPSA) is 17.1 Å². The Hall–Kier alpha value is -0.850. The van der Waals surface area contributed by atoms with E-state index in [0.717, 1.165) is 18.8 Å². The Morgan fingerprint density at radius 3 is 2.73 bits per heavy atom. The highest BCUT2D eigenvalue weighted by atomic mass is 16.1. The van der Waals surface area contributed by atoms with Crippen molar-refractivity contribution in [2.24, 2.45) is 28.1 Å². The van der Waals surface area contributed by atoms with E-state index in [1.807, 2.05) is 0 Å². The second-order valence-electron chi connectivity index (χ2n) is 9.05. The lowest BCUT2D eigenvalue weighted by atomic mass is 9.45. The predicted molar refractivity (Wildman–Crippen MR) is 92.6 cm³/mol. The van der Waals surface area contributed by atoms with Gasteiger partial charge in [0.2, 0.25) is 0 Å². The van der Waals surface area contributed by atoms with Gasteiger partial charge < -0.3 is 4.79 Å². The number of allylic oxidation sites excluding steroid dienone is 3. The highest BCUT2D eigenvalue weighted by Crippen LogP contribution is 2.64. The summed E-state index contributed by atoms with van der Waals surface area (Å²) in [6.45, 7) is 11.3. The minimum atomic E-state index is 0.222. The van der Waals surface area contributed by atoms with E-state index in [1.54, 1.807) is 5.57 Å². The standard InChI is InChI=1S/C21H32O/c1-5-19(2)12-9-17-16(15-19)7-8-18-20(3,13-14-22)10-6-11-21(17,18)4/h5,9,14,16,18H,1,6-8,10-13,15H2,2-4H3/t16?,18?,19-,20-,21-/m0/s1. The molecular formula is C21H32O. The van der Waals surface area contributed by atoms with Crippen LogP contribution in [-0.2, 0) is 4.79 Å². The summed E-state index contributed by atoms with van der Waals surface area (Å²) in [5, 5.41) is 0. The molecule has 0 aromatic rings. The van der Waals surface area contributed by atoms with Crippen molar-refractivity contribution in [1.29, 1.82) is 0 Å². The Balaban J connectivity index is 1.95. The highest BCUT2D eigenvalue weighted by Gasteiger charge is 2.54. The lowest BCUT2D eigenvalue weighted by Gasteiger charge is -2.59. The van der Waals surface area contributed by atoms with Crippen LogP contribution in [0, 0.1) is 28.1 Å². The normalized spacial score (nSPS) is 47.9. The molecule has 0 radical (unpaired) electrons. The SMILES string of the molecule is C=C[C@@]1(C)CC=C2C(CCC3[C@](C)(CC=O)CCC[C@@]23C)C1. The van der Waals surface area contributed by atoms with Gasteiger partial charge in [-0.05, 0) is 66.6 Å². The molecule has 0 bridgehead atoms. The molecule has 0 spiro atoms. The first-order valence-corrected chi connectivity index (χ1v) is 9.15. The molecule has 0 amide bonds. The average molecular weight is 300 g/mol. The third-order valence-corrected chi connectivity index (χ3v) is 7.50. The van der Waals surface area contributed by atoms with Gasteiger partial charge in [-0.3, -0.25) is 0 Å². The third kappa shape index (κ3) is 2.32. The van der Waals surface area contributed by atoms with Gasteiger partial charge in [-0.1, -0.05) is 44.9 Å². The summed E-state index contributed by atoms with van der Waals surface area (Å²) in [5.41, 5.74) is 2.58. The first-order valence-electron chi connectivity index (χ1n) is 9.15. The smallest absolute Gasteiger partial charge is 0.120 e. The molecule has 1 heteroatoms. The lowest BCUT2D eigenvalue weighted by molar-refractivity contribution is -0.113. The molecule has 2 saturated carbocycles. The Bertz CT molecular complexity index is 504. The quantitative estimate of drug-likeness (QED) is 0.482. The van der Waals surface area contributed by atoms with Gasteiger partial charge in [0.05, 0.1) is 0 Å². The molecule has 2 unspecified atom stereocenters. The summed E-state index contributed by atoms with van der Waals surface area (Å²) in [6.07, 6.45) is 15.5. The van der Waals surface area contributed by atoms with Gasteiger partial charge in [-0.15, -0.1) is 6.58 Å². The van der Waals surface area contributed by atoms with E-state index in [0.29, 0.717) is 11.3 Å². The van der Waals surface area contributed by atoms with E-state index in [2.05, 4.69) is 39.5 Å². The zero-order chi connectivity index (χ0) is 16.0. The van der Waals surface area contributed by atoms with Crippen LogP contribution in [0.1, 0.15) is 72.1 Å². The van der Waals surface area contributed by atoms with Crippen molar-refractivity contribution in [2.45, 2.75) is 72.1 Å². The largest absolute Gasteiger partial charge is 0.303 e. The minimum absolute atomic E-state index is 0.222. The van der Waals surface area contributed by atoms with Crippen LogP contribution in [-0.4, -0.2) is 6.29 Å². The minimum Gasteiger partial charge on any atom is -0.303 e. The fourth-order valence-corrected chi connectivity index (χ4v) is 6.18. The molecule has 0 heterocycles. The van der Waals surface area contributed by atoms with E-state index in [-0.39, 0.29) is 10.8 Å². The number of hydrogen-bond donors (Lipinski definition) is 0. The fraction of sp³-hybridized carbons (Fsp3) is 0.762. The molecule has 2 fully saturated rings. The molecular weight excluding hydrogens is 268 g/mol. The van der Waals surface area contributed by atoms with Gasteiger partial charge >= 0.3 is 0 Å². The molecule has 0 aliphatic heterocycles. The van der Waals surface area contributed by atoms with Crippen LogP contribution in [0.5, 0.6) is 0 Å². The second kappa shape index (κ2) is 5.35. The zero-order valence-electron chi connectivity index (χ0n) is 14.7. The van der Waals surface area contributed by atoms with Crippen molar-refractivity contribution >= 4 is 6.29 Å². The first kappa shape index (κ1) is 16.0. The molecule has 3 aliphatic carbocycles. The number of rotatable bonds is 3. The molecule has 122 valence electrons. The van der Waals surface area contributed by atoms with E-state index in [1.165, 1.54) is 44.8 Å². The number of fused-ring (bicyclic) bond motifs is 3. The number of carbonyl (C=O) groups is 1. The monoisotopic (exact) mass is 300 g/mol. The van der Waals surface area contributed by atoms with Gasteiger partial charge in [0, 0.05) is 6.42 Å². The predicted octanol–water partition coefficient (Wildman–Crippen LogP) is 5.71. The van der Waals surface area contributed by atoms with Crippen LogP contribution in [0.4, 0.5) is 0 Å². The van der Waals surface area contributed by atoms with Gasteiger partial charge in [0.1, 0.15) is 6.29 Å². The molecule has 0 aromatic carbocycles. The zero-order valence-corrected chi connectivity index (χ0v) is 14.7. The van der Waals surface area contributed by atoms with Crippen LogP contribution < -0.4 is 0 Å². The summed E-state index contributed by atoms with van der Waals surface area (Å²) in [6, 6.07) is 0. The van der Waals surface area contributed by atoms with Gasteiger partial charge in [-0.2, -0.15) is 0 Å². The fourth-order valence-electron chi connectivity index (χ4n) is 6.18. The van der Waals surface area contributed by atoms with Crippen LogP contribution in [0.2, 0.25) is 0 Å². The van der Waals surface area contributed by atoms with Crippen molar-refractivity contribution in [3.8, 4) is 0 Å². The number of carbonyl (C=O) groups excluding carboxylic acids is 1. The van der Waals surface area contributed by atoms with Crippen molar-refractivity contribution in [3.63, 3.8) is 0 Å². The maximum Gasteiger partial charge on any atom is 0.120 e. The molecule has 1 nitrogen and oxygen atoms in total. The van der Waals surface area contributed by atoms with E-state index in [4.69, 9.17) is 0 Å². The van der Waals surface area contributed by atoms with Crippen LogP contribution in [0.25, 0.3) is 0 Å². The molecule has 0 N–H and O–H groups in total. The number of aldehydes is 1. The van der Waals surface area contributed by atoms with Crippen molar-refractivity contribution in [1.82, 2.24) is 0 Å². The van der Waals surface area contributed by atoms with Gasteiger partial charge in [0.25, 0.3) is 0 Å². The lowest BCUT2D eigenvalue weighted by Crippen LogP contribution is -2.50.